The summed E-state index contributed by atoms with van der Waals surface area (Å²) in [4.78, 5) is 30.5. The average molecular weight is 338 g/mol. The smallest absolute Gasteiger partial charge is 0.252 e. The van der Waals surface area contributed by atoms with Gasteiger partial charge in [0, 0.05) is 36.9 Å². The molecule has 0 bridgehead atoms. The van der Waals surface area contributed by atoms with Crippen LogP contribution in [0.1, 0.15) is 36.0 Å². The SMILES string of the molecule is NC(=O)c1cc2ccccc2nc1N1CCCC2(CCC(=O)NC2)C1. The highest BCUT2D eigenvalue weighted by atomic mass is 16.2. The molecular formula is C19H22N4O2. The Morgan fingerprint density at radius 1 is 1.28 bits per heavy atom. The van der Waals surface area contributed by atoms with Crippen molar-refractivity contribution in [3.05, 3.63) is 35.9 Å². The van der Waals surface area contributed by atoms with Crippen molar-refractivity contribution in [1.82, 2.24) is 10.3 Å². The summed E-state index contributed by atoms with van der Waals surface area (Å²) in [6.45, 7) is 2.34. The Morgan fingerprint density at radius 3 is 2.88 bits per heavy atom. The third-order valence-electron chi connectivity index (χ3n) is 5.47. The van der Waals surface area contributed by atoms with Crippen molar-refractivity contribution < 1.29 is 9.59 Å². The lowest BCUT2D eigenvalue weighted by Gasteiger charge is -2.45. The minimum absolute atomic E-state index is 0.0639. The summed E-state index contributed by atoms with van der Waals surface area (Å²) in [7, 11) is 0. The Hall–Kier alpha value is -2.63. The normalized spacial score (nSPS) is 23.7. The number of pyridine rings is 1. The Kier molecular flexibility index (Phi) is 3.82. The van der Waals surface area contributed by atoms with Gasteiger partial charge in [-0.25, -0.2) is 4.98 Å². The van der Waals surface area contributed by atoms with Gasteiger partial charge in [0.2, 0.25) is 5.91 Å². The molecule has 3 heterocycles. The van der Waals surface area contributed by atoms with Crippen LogP contribution in [-0.4, -0.2) is 36.4 Å². The fourth-order valence-electron chi connectivity index (χ4n) is 4.11. The highest BCUT2D eigenvalue weighted by molar-refractivity contribution is 6.01. The van der Waals surface area contributed by atoms with Gasteiger partial charge in [-0.2, -0.15) is 0 Å². The molecule has 1 unspecified atom stereocenters. The number of aromatic nitrogens is 1. The highest BCUT2D eigenvalue weighted by Gasteiger charge is 2.39. The fraction of sp³-hybridized carbons (Fsp3) is 0.421. The molecule has 2 aliphatic heterocycles. The maximum Gasteiger partial charge on any atom is 0.252 e. The Labute approximate surface area is 146 Å². The highest BCUT2D eigenvalue weighted by Crippen LogP contribution is 2.38. The van der Waals surface area contributed by atoms with Crippen molar-refractivity contribution >= 4 is 28.5 Å². The van der Waals surface area contributed by atoms with Crippen LogP contribution < -0.4 is 16.0 Å². The number of nitrogens with one attached hydrogen (secondary N) is 1. The first-order valence-electron chi connectivity index (χ1n) is 8.78. The van der Waals surface area contributed by atoms with E-state index in [9.17, 15) is 9.59 Å². The summed E-state index contributed by atoms with van der Waals surface area (Å²) in [6, 6.07) is 9.59. The molecular weight excluding hydrogens is 316 g/mol. The molecule has 0 radical (unpaired) electrons. The molecule has 2 saturated heterocycles. The van der Waals surface area contributed by atoms with E-state index in [2.05, 4.69) is 10.2 Å². The second kappa shape index (κ2) is 6.02. The largest absolute Gasteiger partial charge is 0.365 e. The number of hydrogen-bond acceptors (Lipinski definition) is 4. The zero-order valence-electron chi connectivity index (χ0n) is 14.1. The number of anilines is 1. The molecule has 1 atom stereocenters. The number of benzene rings is 1. The molecule has 4 rings (SSSR count). The van der Waals surface area contributed by atoms with Gasteiger partial charge < -0.3 is 16.0 Å². The van der Waals surface area contributed by atoms with Crippen LogP contribution in [-0.2, 0) is 4.79 Å². The lowest BCUT2D eigenvalue weighted by Crippen LogP contribution is -2.53. The molecule has 2 fully saturated rings. The first kappa shape index (κ1) is 15.9. The second-order valence-electron chi connectivity index (χ2n) is 7.22. The minimum atomic E-state index is -0.454. The van der Waals surface area contributed by atoms with Gasteiger partial charge in [0.05, 0.1) is 11.1 Å². The molecule has 2 aromatic rings. The summed E-state index contributed by atoms with van der Waals surface area (Å²) in [6.07, 6.45) is 3.56. The van der Waals surface area contributed by atoms with Crippen molar-refractivity contribution in [2.45, 2.75) is 25.7 Å². The summed E-state index contributed by atoms with van der Waals surface area (Å²) in [5.41, 5.74) is 7.03. The van der Waals surface area contributed by atoms with Crippen LogP contribution in [0, 0.1) is 5.41 Å². The maximum absolute atomic E-state index is 12.0. The van der Waals surface area contributed by atoms with Crippen LogP contribution in [0.2, 0.25) is 0 Å². The zero-order chi connectivity index (χ0) is 17.4. The predicted octanol–water partition coefficient (Wildman–Crippen LogP) is 1.83. The van der Waals surface area contributed by atoms with E-state index >= 15 is 0 Å². The number of carbonyl (C=O) groups is 2. The predicted molar refractivity (Wildman–Crippen MR) is 96.4 cm³/mol. The van der Waals surface area contributed by atoms with E-state index in [1.165, 1.54) is 0 Å². The summed E-state index contributed by atoms with van der Waals surface area (Å²) in [5, 5.41) is 3.92. The molecule has 6 heteroatoms. The number of nitrogens with zero attached hydrogens (tertiary/aromatic N) is 2. The van der Waals surface area contributed by atoms with E-state index in [1.807, 2.05) is 30.3 Å². The second-order valence-corrected chi connectivity index (χ2v) is 7.22. The minimum Gasteiger partial charge on any atom is -0.365 e. The standard InChI is InChI=1S/C19H22N4O2/c20-17(25)14-10-13-4-1-2-5-15(13)22-18(14)23-9-3-7-19(12-23)8-6-16(24)21-11-19/h1-2,4-5,10H,3,6-9,11-12H2,(H2,20,25)(H,21,24). The van der Waals surface area contributed by atoms with E-state index in [0.717, 1.165) is 43.3 Å². The maximum atomic E-state index is 12.0. The quantitative estimate of drug-likeness (QED) is 0.874. The van der Waals surface area contributed by atoms with Gasteiger partial charge in [-0.3, -0.25) is 9.59 Å². The Bertz CT molecular complexity index is 838. The average Bonchev–Trinajstić information content (AvgIpc) is 2.63. The fourth-order valence-corrected chi connectivity index (χ4v) is 4.11. The number of rotatable bonds is 2. The van der Waals surface area contributed by atoms with Crippen molar-refractivity contribution in [3.8, 4) is 0 Å². The van der Waals surface area contributed by atoms with Crippen LogP contribution >= 0.6 is 0 Å². The lowest BCUT2D eigenvalue weighted by atomic mass is 9.74. The van der Waals surface area contributed by atoms with Gasteiger partial charge >= 0.3 is 0 Å². The van der Waals surface area contributed by atoms with Crippen LogP contribution in [0.15, 0.2) is 30.3 Å². The number of fused-ring (bicyclic) bond motifs is 1. The molecule has 1 aromatic heterocycles. The third kappa shape index (κ3) is 2.92. The summed E-state index contributed by atoms with van der Waals surface area (Å²) < 4.78 is 0. The number of amides is 2. The number of hydrogen-bond donors (Lipinski definition) is 2. The van der Waals surface area contributed by atoms with E-state index in [1.54, 1.807) is 0 Å². The van der Waals surface area contributed by atoms with Gasteiger partial charge in [0.15, 0.2) is 0 Å². The van der Waals surface area contributed by atoms with Gasteiger partial charge in [-0.15, -0.1) is 0 Å². The lowest BCUT2D eigenvalue weighted by molar-refractivity contribution is -0.124. The van der Waals surface area contributed by atoms with Crippen LogP contribution in [0.25, 0.3) is 10.9 Å². The van der Waals surface area contributed by atoms with Gasteiger partial charge in [0.25, 0.3) is 5.91 Å². The number of primary amides is 1. The molecule has 1 aromatic carbocycles. The van der Waals surface area contributed by atoms with Gasteiger partial charge in [-0.1, -0.05) is 18.2 Å². The van der Waals surface area contributed by atoms with E-state index < -0.39 is 5.91 Å². The van der Waals surface area contributed by atoms with Crippen LogP contribution in [0.5, 0.6) is 0 Å². The van der Waals surface area contributed by atoms with Crippen molar-refractivity contribution in [3.63, 3.8) is 0 Å². The van der Waals surface area contributed by atoms with E-state index in [-0.39, 0.29) is 11.3 Å². The van der Waals surface area contributed by atoms with Crippen molar-refractivity contribution in [2.24, 2.45) is 11.1 Å². The first-order chi connectivity index (χ1) is 12.1. The number of para-hydroxylation sites is 1. The molecule has 2 amide bonds. The van der Waals surface area contributed by atoms with Crippen molar-refractivity contribution in [1.29, 1.82) is 0 Å². The molecule has 6 nitrogen and oxygen atoms in total. The van der Waals surface area contributed by atoms with Crippen molar-refractivity contribution in [2.75, 3.05) is 24.5 Å². The summed E-state index contributed by atoms with van der Waals surface area (Å²) in [5.74, 6) is 0.344. The van der Waals surface area contributed by atoms with Crippen LogP contribution in [0.4, 0.5) is 5.82 Å². The topological polar surface area (TPSA) is 88.3 Å². The van der Waals surface area contributed by atoms with E-state index in [4.69, 9.17) is 10.7 Å². The Morgan fingerprint density at radius 2 is 2.12 bits per heavy atom. The molecule has 3 N–H and O–H groups in total. The summed E-state index contributed by atoms with van der Waals surface area (Å²) >= 11 is 0. The monoisotopic (exact) mass is 338 g/mol. The van der Waals surface area contributed by atoms with Gasteiger partial charge in [-0.05, 0) is 31.4 Å². The molecule has 1 spiro atoms. The molecule has 2 aliphatic rings. The number of nitrogens with two attached hydrogens (primary N) is 1. The Balaban J connectivity index is 1.71. The van der Waals surface area contributed by atoms with Crippen LogP contribution in [0.3, 0.4) is 0 Å². The number of piperidine rings is 2. The molecule has 0 aliphatic carbocycles. The first-order valence-corrected chi connectivity index (χ1v) is 8.78. The number of carbonyl (C=O) groups excluding carboxylic acids is 2. The molecule has 25 heavy (non-hydrogen) atoms. The van der Waals surface area contributed by atoms with Gasteiger partial charge in [0.1, 0.15) is 5.82 Å². The third-order valence-corrected chi connectivity index (χ3v) is 5.47. The zero-order valence-corrected chi connectivity index (χ0v) is 14.1. The van der Waals surface area contributed by atoms with E-state index in [0.29, 0.717) is 24.3 Å². The molecule has 0 saturated carbocycles. The molecule has 130 valence electrons.